The Bertz CT molecular complexity index is 395. The van der Waals surface area contributed by atoms with Crippen molar-refractivity contribution in [2.75, 3.05) is 0 Å². The summed E-state index contributed by atoms with van der Waals surface area (Å²) in [6.07, 6.45) is 2.09. The molecule has 0 bridgehead atoms. The van der Waals surface area contributed by atoms with Gasteiger partial charge in [0.15, 0.2) is 0 Å². The molecule has 1 rings (SSSR count). The lowest BCUT2D eigenvalue weighted by Crippen LogP contribution is -2.42. The molecule has 0 fully saturated rings. The molecule has 0 saturated heterocycles. The molecule has 1 aromatic rings. The lowest BCUT2D eigenvalue weighted by Gasteiger charge is -2.25. The van der Waals surface area contributed by atoms with Crippen molar-refractivity contribution in [2.45, 2.75) is 39.2 Å². The van der Waals surface area contributed by atoms with Crippen molar-refractivity contribution >= 4 is 15.9 Å². The quantitative estimate of drug-likeness (QED) is 0.478. The van der Waals surface area contributed by atoms with E-state index in [4.69, 9.17) is 5.84 Å². The number of nitrogens with one attached hydrogen (secondary N) is 1. The highest BCUT2D eigenvalue weighted by molar-refractivity contribution is 9.10. The van der Waals surface area contributed by atoms with Crippen LogP contribution in [0, 0.1) is 17.6 Å². The van der Waals surface area contributed by atoms with Crippen LogP contribution in [-0.4, -0.2) is 6.04 Å². The lowest BCUT2D eigenvalue weighted by atomic mass is 9.89. The van der Waals surface area contributed by atoms with Gasteiger partial charge in [-0.15, -0.1) is 0 Å². The van der Waals surface area contributed by atoms with Gasteiger partial charge in [0.05, 0.1) is 4.47 Å². The third-order valence-electron chi connectivity index (χ3n) is 3.39. The van der Waals surface area contributed by atoms with Crippen molar-refractivity contribution in [3.05, 3.63) is 33.8 Å². The molecule has 0 radical (unpaired) electrons. The van der Waals surface area contributed by atoms with Crippen LogP contribution in [0.2, 0.25) is 0 Å². The molecule has 0 spiro atoms. The maximum absolute atomic E-state index is 13.9. The van der Waals surface area contributed by atoms with E-state index in [2.05, 4.69) is 21.4 Å². The topological polar surface area (TPSA) is 38.0 Å². The molecule has 1 aromatic carbocycles. The Balaban J connectivity index is 2.98. The Morgan fingerprint density at radius 2 is 1.89 bits per heavy atom. The van der Waals surface area contributed by atoms with Crippen LogP contribution in [0.1, 0.15) is 32.3 Å². The summed E-state index contributed by atoms with van der Waals surface area (Å²) in [7, 11) is 0. The molecule has 18 heavy (non-hydrogen) atoms. The van der Waals surface area contributed by atoms with E-state index < -0.39 is 11.6 Å². The number of benzene rings is 1. The van der Waals surface area contributed by atoms with Gasteiger partial charge in [0.25, 0.3) is 0 Å². The van der Waals surface area contributed by atoms with Crippen molar-refractivity contribution in [2.24, 2.45) is 11.8 Å². The maximum atomic E-state index is 13.9. The normalized spacial score (nSPS) is 13.1. The van der Waals surface area contributed by atoms with E-state index in [1.165, 1.54) is 12.1 Å². The third kappa shape index (κ3) is 3.49. The zero-order valence-electron chi connectivity index (χ0n) is 10.6. The van der Waals surface area contributed by atoms with Crippen LogP contribution in [0.15, 0.2) is 16.6 Å². The molecule has 0 aliphatic rings. The largest absolute Gasteiger partial charge is 0.271 e. The summed E-state index contributed by atoms with van der Waals surface area (Å²) in [5, 5.41) is 0. The molecule has 5 heteroatoms. The summed E-state index contributed by atoms with van der Waals surface area (Å²) < 4.78 is 27.8. The molecule has 1 unspecified atom stereocenters. The van der Waals surface area contributed by atoms with E-state index in [0.29, 0.717) is 5.92 Å². The minimum atomic E-state index is -0.541. The average molecular weight is 321 g/mol. The molecule has 2 nitrogen and oxygen atoms in total. The number of halogens is 3. The van der Waals surface area contributed by atoms with Gasteiger partial charge in [-0.05, 0) is 40.4 Å². The van der Waals surface area contributed by atoms with Gasteiger partial charge in [0.1, 0.15) is 11.6 Å². The van der Waals surface area contributed by atoms with Gasteiger partial charge < -0.3 is 0 Å². The summed E-state index contributed by atoms with van der Waals surface area (Å²) in [6, 6.07) is 2.51. The highest BCUT2D eigenvalue weighted by atomic mass is 79.9. The Morgan fingerprint density at radius 3 is 2.39 bits per heavy atom. The second-order valence-electron chi connectivity index (χ2n) is 4.38. The first-order chi connectivity index (χ1) is 8.54. The van der Waals surface area contributed by atoms with Gasteiger partial charge in [0.2, 0.25) is 0 Å². The predicted octanol–water partition coefficient (Wildman–Crippen LogP) is 3.54. The summed E-state index contributed by atoms with van der Waals surface area (Å²) in [6.45, 7) is 4.10. The second-order valence-corrected chi connectivity index (χ2v) is 5.23. The first kappa shape index (κ1) is 15.5. The summed E-state index contributed by atoms with van der Waals surface area (Å²) in [4.78, 5) is 0. The standard InChI is InChI=1S/C13H19BrF2N2/c1-3-8(4-2)12(18-17)7-9-11(15)6-5-10(14)13(9)16/h5-6,8,12,18H,3-4,7,17H2,1-2H3. The third-order valence-corrected chi connectivity index (χ3v) is 4.01. The van der Waals surface area contributed by atoms with Crippen LogP contribution in [0.4, 0.5) is 8.78 Å². The van der Waals surface area contributed by atoms with Gasteiger partial charge in [-0.25, -0.2) is 8.78 Å². The highest BCUT2D eigenvalue weighted by Gasteiger charge is 2.22. The maximum Gasteiger partial charge on any atom is 0.143 e. The molecule has 0 aromatic heterocycles. The van der Waals surface area contributed by atoms with E-state index in [1.54, 1.807) is 0 Å². The molecular formula is C13H19BrF2N2. The van der Waals surface area contributed by atoms with E-state index in [-0.39, 0.29) is 22.5 Å². The molecule has 0 aliphatic heterocycles. The molecule has 102 valence electrons. The van der Waals surface area contributed by atoms with Gasteiger partial charge >= 0.3 is 0 Å². The number of hydrogen-bond acceptors (Lipinski definition) is 2. The Labute approximate surface area is 115 Å². The van der Waals surface area contributed by atoms with E-state index >= 15 is 0 Å². The number of hydrazine groups is 1. The zero-order chi connectivity index (χ0) is 13.7. The monoisotopic (exact) mass is 320 g/mol. The molecule has 1 atom stereocenters. The first-order valence-corrected chi connectivity index (χ1v) is 6.92. The van der Waals surface area contributed by atoms with Crippen LogP contribution in [0.25, 0.3) is 0 Å². The lowest BCUT2D eigenvalue weighted by molar-refractivity contribution is 0.329. The van der Waals surface area contributed by atoms with Crippen molar-refractivity contribution in [1.82, 2.24) is 5.43 Å². The fraction of sp³-hybridized carbons (Fsp3) is 0.538. The highest BCUT2D eigenvalue weighted by Crippen LogP contribution is 2.25. The van der Waals surface area contributed by atoms with Crippen molar-refractivity contribution in [3.63, 3.8) is 0 Å². The molecule has 0 amide bonds. The van der Waals surface area contributed by atoms with E-state index in [0.717, 1.165) is 12.8 Å². The Hall–Kier alpha value is -0.520. The molecule has 3 N–H and O–H groups in total. The Kier molecular flexibility index (Phi) is 6.18. The second kappa shape index (κ2) is 7.16. The van der Waals surface area contributed by atoms with Crippen LogP contribution >= 0.6 is 15.9 Å². The zero-order valence-corrected chi connectivity index (χ0v) is 12.2. The molecular weight excluding hydrogens is 302 g/mol. The number of nitrogens with two attached hydrogens (primary N) is 1. The molecule has 0 heterocycles. The van der Waals surface area contributed by atoms with Crippen LogP contribution in [0.5, 0.6) is 0 Å². The van der Waals surface area contributed by atoms with Gasteiger partial charge in [-0.2, -0.15) is 0 Å². The summed E-state index contributed by atoms with van der Waals surface area (Å²) in [5.41, 5.74) is 2.76. The first-order valence-electron chi connectivity index (χ1n) is 6.13. The SMILES string of the molecule is CCC(CC)C(Cc1c(F)ccc(Br)c1F)NN. The summed E-state index contributed by atoms with van der Waals surface area (Å²) in [5.74, 6) is 4.74. The minimum absolute atomic E-state index is 0.0826. The van der Waals surface area contributed by atoms with Crippen LogP contribution < -0.4 is 11.3 Å². The molecule has 0 saturated carbocycles. The predicted molar refractivity (Wildman–Crippen MR) is 72.9 cm³/mol. The summed E-state index contributed by atoms with van der Waals surface area (Å²) >= 11 is 3.07. The number of rotatable bonds is 6. The van der Waals surface area contributed by atoms with E-state index in [1.807, 2.05) is 13.8 Å². The molecule has 0 aliphatic carbocycles. The van der Waals surface area contributed by atoms with Crippen LogP contribution in [0.3, 0.4) is 0 Å². The van der Waals surface area contributed by atoms with Crippen LogP contribution in [-0.2, 0) is 6.42 Å². The smallest absolute Gasteiger partial charge is 0.143 e. The minimum Gasteiger partial charge on any atom is -0.271 e. The van der Waals surface area contributed by atoms with Crippen molar-refractivity contribution in [3.8, 4) is 0 Å². The number of hydrogen-bond donors (Lipinski definition) is 2. The van der Waals surface area contributed by atoms with Gasteiger partial charge in [-0.3, -0.25) is 11.3 Å². The van der Waals surface area contributed by atoms with Crippen molar-refractivity contribution in [1.29, 1.82) is 0 Å². The van der Waals surface area contributed by atoms with Crippen molar-refractivity contribution < 1.29 is 8.78 Å². The fourth-order valence-electron chi connectivity index (χ4n) is 2.20. The average Bonchev–Trinajstić information content (AvgIpc) is 2.38. The van der Waals surface area contributed by atoms with Gasteiger partial charge in [-0.1, -0.05) is 26.7 Å². The van der Waals surface area contributed by atoms with E-state index in [9.17, 15) is 8.78 Å². The Morgan fingerprint density at radius 1 is 1.28 bits per heavy atom. The fourth-order valence-corrected chi connectivity index (χ4v) is 2.57. The van der Waals surface area contributed by atoms with Gasteiger partial charge in [0, 0.05) is 11.6 Å².